The third kappa shape index (κ3) is 4.33. The molecule has 0 aromatic carbocycles. The molecule has 23 heavy (non-hydrogen) atoms. The summed E-state index contributed by atoms with van der Waals surface area (Å²) in [5, 5.41) is 11.1. The smallest absolute Gasteiger partial charge is 0.317 e. The second-order valence-corrected chi connectivity index (χ2v) is 6.66. The van der Waals surface area contributed by atoms with E-state index in [1.165, 1.54) is 5.56 Å². The van der Waals surface area contributed by atoms with E-state index in [0.717, 1.165) is 17.0 Å². The number of thiophene rings is 1. The molecule has 2 rings (SSSR count). The largest absolute Gasteiger partial charge is 0.361 e. The third-order valence-electron chi connectivity index (χ3n) is 3.92. The van der Waals surface area contributed by atoms with Gasteiger partial charge in [0.1, 0.15) is 5.76 Å². The Balaban J connectivity index is 1.93. The molecule has 0 radical (unpaired) electrons. The lowest BCUT2D eigenvalue weighted by atomic mass is 10.1. The summed E-state index contributed by atoms with van der Waals surface area (Å²) in [7, 11) is 5.81. The number of nitrogens with one attached hydrogen (secondary N) is 1. The van der Waals surface area contributed by atoms with Crippen molar-refractivity contribution in [1.29, 1.82) is 0 Å². The highest BCUT2D eigenvalue weighted by Gasteiger charge is 2.19. The number of nitrogens with zero attached hydrogens (tertiary/aromatic N) is 3. The number of carbonyl (C=O) groups is 1. The molecule has 0 bridgehead atoms. The maximum atomic E-state index is 12.3. The monoisotopic (exact) mass is 336 g/mol. The SMILES string of the molecule is Cc1noc(C)c1CN(C)C(=O)NCC(c1ccsc1)N(C)C. The second kappa shape index (κ2) is 7.61. The molecule has 1 atom stereocenters. The fourth-order valence-corrected chi connectivity index (χ4v) is 3.13. The molecular weight excluding hydrogens is 312 g/mol. The van der Waals surface area contributed by atoms with Gasteiger partial charge < -0.3 is 19.6 Å². The molecule has 0 spiro atoms. The van der Waals surface area contributed by atoms with Crippen molar-refractivity contribution >= 4 is 17.4 Å². The third-order valence-corrected chi connectivity index (χ3v) is 4.62. The zero-order chi connectivity index (χ0) is 17.0. The van der Waals surface area contributed by atoms with Crippen LogP contribution in [0.4, 0.5) is 4.79 Å². The molecule has 0 aliphatic heterocycles. The molecular formula is C16H24N4O2S. The van der Waals surface area contributed by atoms with Crippen molar-refractivity contribution in [2.75, 3.05) is 27.7 Å². The second-order valence-electron chi connectivity index (χ2n) is 5.88. The molecule has 0 aliphatic carbocycles. The summed E-state index contributed by atoms with van der Waals surface area (Å²) in [6.07, 6.45) is 0. The highest BCUT2D eigenvalue weighted by Crippen LogP contribution is 2.20. The minimum atomic E-state index is -0.105. The van der Waals surface area contributed by atoms with Gasteiger partial charge in [0.2, 0.25) is 0 Å². The lowest BCUT2D eigenvalue weighted by Gasteiger charge is -2.25. The number of urea groups is 1. The topological polar surface area (TPSA) is 61.6 Å². The Morgan fingerprint density at radius 3 is 2.65 bits per heavy atom. The Hall–Kier alpha value is -1.86. The molecule has 1 N–H and O–H groups in total. The predicted molar refractivity (Wildman–Crippen MR) is 91.6 cm³/mol. The first-order valence-electron chi connectivity index (χ1n) is 7.49. The molecule has 2 heterocycles. The minimum absolute atomic E-state index is 0.105. The van der Waals surface area contributed by atoms with E-state index in [-0.39, 0.29) is 12.1 Å². The Morgan fingerprint density at radius 2 is 2.13 bits per heavy atom. The van der Waals surface area contributed by atoms with E-state index in [4.69, 9.17) is 4.52 Å². The Labute approximate surface area is 141 Å². The van der Waals surface area contributed by atoms with Crippen LogP contribution in [0.25, 0.3) is 0 Å². The lowest BCUT2D eigenvalue weighted by Crippen LogP contribution is -2.41. The fraction of sp³-hybridized carbons (Fsp3) is 0.500. The van der Waals surface area contributed by atoms with Crippen LogP contribution < -0.4 is 5.32 Å². The normalized spacial score (nSPS) is 12.4. The van der Waals surface area contributed by atoms with Gasteiger partial charge in [-0.1, -0.05) is 5.16 Å². The molecule has 126 valence electrons. The fourth-order valence-electron chi connectivity index (χ4n) is 2.42. The van der Waals surface area contributed by atoms with Crippen LogP contribution in [-0.4, -0.2) is 48.7 Å². The van der Waals surface area contributed by atoms with Crippen LogP contribution >= 0.6 is 11.3 Å². The van der Waals surface area contributed by atoms with Gasteiger partial charge in [0.15, 0.2) is 0 Å². The van der Waals surface area contributed by atoms with Gasteiger partial charge in [0, 0.05) is 19.2 Å². The van der Waals surface area contributed by atoms with Crippen LogP contribution in [0.1, 0.15) is 28.6 Å². The van der Waals surface area contributed by atoms with E-state index in [0.29, 0.717) is 13.1 Å². The molecule has 0 saturated carbocycles. The minimum Gasteiger partial charge on any atom is -0.361 e. The quantitative estimate of drug-likeness (QED) is 0.881. The number of likely N-dealkylation sites (N-methyl/N-ethyl adjacent to an activating group) is 1. The molecule has 6 nitrogen and oxygen atoms in total. The van der Waals surface area contributed by atoms with Gasteiger partial charge >= 0.3 is 6.03 Å². The van der Waals surface area contributed by atoms with Crippen molar-refractivity contribution < 1.29 is 9.32 Å². The van der Waals surface area contributed by atoms with Gasteiger partial charge in [-0.25, -0.2) is 4.79 Å². The standard InChI is InChI=1S/C16H24N4O2S/c1-11-14(12(2)22-18-11)9-20(5)16(21)17-8-15(19(3)4)13-6-7-23-10-13/h6-7,10,15H,8-9H2,1-5H3,(H,17,21). The van der Waals surface area contributed by atoms with Crippen LogP contribution in [0, 0.1) is 13.8 Å². The molecule has 2 aromatic rings. The van der Waals surface area contributed by atoms with Crippen molar-refractivity contribution in [2.45, 2.75) is 26.4 Å². The number of aryl methyl sites for hydroxylation is 2. The number of amides is 2. The average molecular weight is 336 g/mol. The summed E-state index contributed by atoms with van der Waals surface area (Å²) in [6, 6.07) is 2.15. The van der Waals surface area contributed by atoms with Gasteiger partial charge in [-0.2, -0.15) is 11.3 Å². The maximum absolute atomic E-state index is 12.3. The maximum Gasteiger partial charge on any atom is 0.317 e. The van der Waals surface area contributed by atoms with E-state index < -0.39 is 0 Å². The summed E-state index contributed by atoms with van der Waals surface area (Å²) in [4.78, 5) is 16.1. The number of aromatic nitrogens is 1. The van der Waals surface area contributed by atoms with Crippen molar-refractivity contribution in [1.82, 2.24) is 20.3 Å². The van der Waals surface area contributed by atoms with Crippen molar-refractivity contribution in [3.8, 4) is 0 Å². The molecule has 2 amide bonds. The summed E-state index contributed by atoms with van der Waals surface area (Å²) >= 11 is 1.66. The van der Waals surface area contributed by atoms with Gasteiger partial charge in [0.25, 0.3) is 0 Å². The Kier molecular flexibility index (Phi) is 5.79. The zero-order valence-electron chi connectivity index (χ0n) is 14.3. The Morgan fingerprint density at radius 1 is 1.39 bits per heavy atom. The molecule has 7 heteroatoms. The first-order chi connectivity index (χ1) is 10.9. The van der Waals surface area contributed by atoms with Crippen molar-refractivity contribution in [2.24, 2.45) is 0 Å². The zero-order valence-corrected chi connectivity index (χ0v) is 15.1. The number of hydrogen-bond donors (Lipinski definition) is 1. The van der Waals surface area contributed by atoms with Crippen molar-refractivity contribution in [3.05, 3.63) is 39.4 Å². The summed E-state index contributed by atoms with van der Waals surface area (Å²) in [6.45, 7) is 4.79. The van der Waals surface area contributed by atoms with E-state index in [2.05, 4.69) is 32.2 Å². The summed E-state index contributed by atoms with van der Waals surface area (Å²) in [5.74, 6) is 0.756. The first-order valence-corrected chi connectivity index (χ1v) is 8.43. The highest BCUT2D eigenvalue weighted by atomic mass is 32.1. The van der Waals surface area contributed by atoms with Crippen LogP contribution in [0.2, 0.25) is 0 Å². The first kappa shape index (κ1) is 17.5. The highest BCUT2D eigenvalue weighted by molar-refractivity contribution is 7.07. The molecule has 1 unspecified atom stereocenters. The predicted octanol–water partition coefficient (Wildman–Crippen LogP) is 2.80. The summed E-state index contributed by atoms with van der Waals surface area (Å²) in [5.41, 5.74) is 3.00. The van der Waals surface area contributed by atoms with E-state index >= 15 is 0 Å². The van der Waals surface area contributed by atoms with Gasteiger partial charge in [0.05, 0.1) is 18.3 Å². The van der Waals surface area contributed by atoms with Crippen LogP contribution in [0.5, 0.6) is 0 Å². The summed E-state index contributed by atoms with van der Waals surface area (Å²) < 4.78 is 5.14. The number of rotatable bonds is 6. The van der Waals surface area contributed by atoms with Gasteiger partial charge in [-0.3, -0.25) is 0 Å². The number of carbonyl (C=O) groups excluding carboxylic acids is 1. The van der Waals surface area contributed by atoms with Crippen LogP contribution in [0.15, 0.2) is 21.3 Å². The number of hydrogen-bond acceptors (Lipinski definition) is 5. The molecule has 0 saturated heterocycles. The molecule has 2 aromatic heterocycles. The molecule has 0 fully saturated rings. The lowest BCUT2D eigenvalue weighted by molar-refractivity contribution is 0.200. The molecule has 0 aliphatic rings. The van der Waals surface area contributed by atoms with Gasteiger partial charge in [-0.05, 0) is 50.3 Å². The van der Waals surface area contributed by atoms with E-state index in [1.807, 2.05) is 27.9 Å². The van der Waals surface area contributed by atoms with Crippen molar-refractivity contribution in [3.63, 3.8) is 0 Å². The average Bonchev–Trinajstić information content (AvgIpc) is 3.12. The van der Waals surface area contributed by atoms with Crippen LogP contribution in [-0.2, 0) is 6.54 Å². The van der Waals surface area contributed by atoms with E-state index in [9.17, 15) is 4.79 Å². The van der Waals surface area contributed by atoms with E-state index in [1.54, 1.807) is 23.3 Å². The van der Waals surface area contributed by atoms with Crippen LogP contribution in [0.3, 0.4) is 0 Å². The van der Waals surface area contributed by atoms with Gasteiger partial charge in [-0.15, -0.1) is 0 Å². The Bertz CT molecular complexity index is 617.